The topological polar surface area (TPSA) is 65.1 Å². The van der Waals surface area contributed by atoms with Crippen LogP contribution in [0.15, 0.2) is 97.1 Å². The molecule has 36 heavy (non-hydrogen) atoms. The number of hydrogen-bond donors (Lipinski definition) is 1. The summed E-state index contributed by atoms with van der Waals surface area (Å²) in [5.41, 5.74) is 6.85. The van der Waals surface area contributed by atoms with Gasteiger partial charge >= 0.3 is 0 Å². The number of aliphatic hydroxyl groups excluding tert-OH is 1. The maximum absolute atomic E-state index is 10.2. The first-order valence-corrected chi connectivity index (χ1v) is 12.0. The second kappa shape index (κ2) is 9.32. The van der Waals surface area contributed by atoms with Crippen molar-refractivity contribution >= 4 is 21.8 Å². The van der Waals surface area contributed by atoms with Crippen LogP contribution in [-0.4, -0.2) is 31.8 Å². The minimum atomic E-state index is -0.139. The molecule has 6 rings (SSSR count). The molecule has 0 spiro atoms. The van der Waals surface area contributed by atoms with E-state index in [4.69, 9.17) is 14.9 Å². The number of para-hydroxylation sites is 1. The van der Waals surface area contributed by atoms with Crippen molar-refractivity contribution < 1.29 is 9.84 Å². The molecule has 0 radical (unpaired) electrons. The molecule has 1 N–H and O–H groups in total. The van der Waals surface area contributed by atoms with Crippen molar-refractivity contribution in [2.45, 2.75) is 19.7 Å². The number of benzene rings is 4. The number of aliphatic hydroxyl groups is 1. The zero-order chi connectivity index (χ0) is 24.5. The number of fused-ring (bicyclic) bond motifs is 2. The van der Waals surface area contributed by atoms with E-state index in [-0.39, 0.29) is 6.61 Å². The summed E-state index contributed by atoms with van der Waals surface area (Å²) >= 11 is 0. The quantitative estimate of drug-likeness (QED) is 0.325. The van der Waals surface area contributed by atoms with E-state index < -0.39 is 0 Å². The van der Waals surface area contributed by atoms with E-state index in [9.17, 15) is 5.11 Å². The van der Waals surface area contributed by atoms with E-state index in [0.717, 1.165) is 49.9 Å². The molecule has 4 aromatic carbocycles. The molecule has 0 aliphatic rings. The smallest absolute Gasteiger partial charge is 0.118 e. The Labute approximate surface area is 209 Å². The Morgan fingerprint density at radius 1 is 0.694 bits per heavy atom. The maximum Gasteiger partial charge on any atom is 0.118 e. The van der Waals surface area contributed by atoms with Gasteiger partial charge in [-0.15, -0.1) is 0 Å². The number of rotatable bonds is 7. The third kappa shape index (κ3) is 3.91. The number of hydrogen-bond acceptors (Lipinski definition) is 4. The SMILES string of the molecule is COc1ccc(Cn2nc(-c3cccc4c3c(CO)nn4Cc3ccccc3)c3ccccc32)cc1. The molecule has 0 aliphatic heterocycles. The highest BCUT2D eigenvalue weighted by molar-refractivity contribution is 6.03. The van der Waals surface area contributed by atoms with Crippen molar-refractivity contribution in [1.29, 1.82) is 0 Å². The molecule has 0 fully saturated rings. The molecule has 6 nitrogen and oxygen atoms in total. The van der Waals surface area contributed by atoms with Crippen LogP contribution in [0.5, 0.6) is 5.75 Å². The Bertz CT molecular complexity index is 1650. The standard InChI is InChI=1S/C30H26N4O2/c1-36-23-16-14-22(15-17-23)19-33-27-12-6-5-10-24(27)30(32-33)25-11-7-13-28-29(25)26(20-35)31-34(28)18-21-8-3-2-4-9-21/h2-17,35H,18-20H2,1H3. The van der Waals surface area contributed by atoms with Crippen molar-refractivity contribution in [3.63, 3.8) is 0 Å². The minimum Gasteiger partial charge on any atom is -0.497 e. The van der Waals surface area contributed by atoms with Crippen molar-refractivity contribution in [2.75, 3.05) is 7.11 Å². The fraction of sp³-hybridized carbons (Fsp3) is 0.133. The number of aromatic nitrogens is 4. The molecule has 0 bridgehead atoms. The fourth-order valence-electron chi connectivity index (χ4n) is 4.84. The van der Waals surface area contributed by atoms with Crippen molar-refractivity contribution in [3.8, 4) is 17.0 Å². The van der Waals surface area contributed by atoms with E-state index in [2.05, 4.69) is 48.5 Å². The first-order valence-electron chi connectivity index (χ1n) is 12.0. The number of nitrogens with zero attached hydrogens (tertiary/aromatic N) is 4. The van der Waals surface area contributed by atoms with Gasteiger partial charge in [-0.25, -0.2) is 0 Å². The molecule has 0 amide bonds. The van der Waals surface area contributed by atoms with Crippen LogP contribution in [-0.2, 0) is 19.7 Å². The largest absolute Gasteiger partial charge is 0.497 e. The van der Waals surface area contributed by atoms with E-state index in [1.165, 1.54) is 0 Å². The Kier molecular flexibility index (Phi) is 5.71. The van der Waals surface area contributed by atoms with Crippen LogP contribution < -0.4 is 4.74 Å². The normalized spacial score (nSPS) is 11.4. The van der Waals surface area contributed by atoms with Gasteiger partial charge in [-0.1, -0.05) is 72.8 Å². The van der Waals surface area contributed by atoms with Gasteiger partial charge < -0.3 is 9.84 Å². The van der Waals surface area contributed by atoms with Gasteiger partial charge in [-0.3, -0.25) is 9.36 Å². The molecular weight excluding hydrogens is 448 g/mol. The Hall–Kier alpha value is -4.42. The summed E-state index contributed by atoms with van der Waals surface area (Å²) in [6.07, 6.45) is 0. The Morgan fingerprint density at radius 3 is 2.11 bits per heavy atom. The summed E-state index contributed by atoms with van der Waals surface area (Å²) in [6, 6.07) is 32.8. The van der Waals surface area contributed by atoms with Crippen LogP contribution >= 0.6 is 0 Å². The summed E-state index contributed by atoms with van der Waals surface area (Å²) in [4.78, 5) is 0. The monoisotopic (exact) mass is 474 g/mol. The first kappa shape index (κ1) is 22.1. The molecule has 0 saturated carbocycles. The molecule has 0 saturated heterocycles. The fourth-order valence-corrected chi connectivity index (χ4v) is 4.84. The molecule has 2 heterocycles. The van der Waals surface area contributed by atoms with Crippen molar-refractivity contribution in [2.24, 2.45) is 0 Å². The average Bonchev–Trinajstić information content (AvgIpc) is 3.48. The maximum atomic E-state index is 10.2. The van der Waals surface area contributed by atoms with Gasteiger partial charge in [0, 0.05) is 16.3 Å². The third-order valence-electron chi connectivity index (χ3n) is 6.58. The van der Waals surface area contributed by atoms with Crippen molar-refractivity contribution in [1.82, 2.24) is 19.6 Å². The zero-order valence-corrected chi connectivity index (χ0v) is 20.0. The van der Waals surface area contributed by atoms with E-state index in [0.29, 0.717) is 18.8 Å². The van der Waals surface area contributed by atoms with Gasteiger partial charge in [0.15, 0.2) is 0 Å². The second-order valence-corrected chi connectivity index (χ2v) is 8.82. The van der Waals surface area contributed by atoms with Crippen LogP contribution in [0, 0.1) is 0 Å². The van der Waals surface area contributed by atoms with E-state index in [1.807, 2.05) is 57.9 Å². The highest BCUT2D eigenvalue weighted by Gasteiger charge is 2.19. The van der Waals surface area contributed by atoms with Crippen LogP contribution in [0.4, 0.5) is 0 Å². The van der Waals surface area contributed by atoms with Gasteiger partial charge in [0.05, 0.1) is 43.5 Å². The molecule has 0 aliphatic carbocycles. The molecule has 178 valence electrons. The van der Waals surface area contributed by atoms with Crippen LogP contribution in [0.1, 0.15) is 16.8 Å². The second-order valence-electron chi connectivity index (χ2n) is 8.82. The lowest BCUT2D eigenvalue weighted by Crippen LogP contribution is -2.02. The van der Waals surface area contributed by atoms with Gasteiger partial charge in [-0.05, 0) is 35.4 Å². The molecule has 0 atom stereocenters. The van der Waals surface area contributed by atoms with Gasteiger partial charge in [0.1, 0.15) is 11.4 Å². The summed E-state index contributed by atoms with van der Waals surface area (Å²) in [5.74, 6) is 0.834. The number of methoxy groups -OCH3 is 1. The molecule has 2 aromatic heterocycles. The van der Waals surface area contributed by atoms with Gasteiger partial charge in [0.2, 0.25) is 0 Å². The summed E-state index contributed by atoms with van der Waals surface area (Å²) in [5, 5.41) is 22.1. The molecular formula is C30H26N4O2. The lowest BCUT2D eigenvalue weighted by atomic mass is 10.0. The Morgan fingerprint density at radius 2 is 1.36 bits per heavy atom. The molecule has 6 aromatic rings. The van der Waals surface area contributed by atoms with Gasteiger partial charge in [-0.2, -0.15) is 10.2 Å². The average molecular weight is 475 g/mol. The number of ether oxygens (including phenoxy) is 1. The predicted molar refractivity (Wildman–Crippen MR) is 142 cm³/mol. The molecule has 6 heteroatoms. The summed E-state index contributed by atoms with van der Waals surface area (Å²) in [6.45, 7) is 1.13. The first-order chi connectivity index (χ1) is 17.7. The van der Waals surface area contributed by atoms with Crippen LogP contribution in [0.3, 0.4) is 0 Å². The third-order valence-corrected chi connectivity index (χ3v) is 6.58. The van der Waals surface area contributed by atoms with Gasteiger partial charge in [0.25, 0.3) is 0 Å². The summed E-state index contributed by atoms with van der Waals surface area (Å²) < 4.78 is 9.31. The van der Waals surface area contributed by atoms with E-state index >= 15 is 0 Å². The lowest BCUT2D eigenvalue weighted by Gasteiger charge is -2.06. The Balaban J connectivity index is 1.48. The summed E-state index contributed by atoms with van der Waals surface area (Å²) in [7, 11) is 1.67. The van der Waals surface area contributed by atoms with Crippen molar-refractivity contribution in [3.05, 3.63) is 114 Å². The van der Waals surface area contributed by atoms with Crippen LogP contribution in [0.25, 0.3) is 33.1 Å². The lowest BCUT2D eigenvalue weighted by molar-refractivity contribution is 0.277. The van der Waals surface area contributed by atoms with E-state index in [1.54, 1.807) is 7.11 Å². The minimum absolute atomic E-state index is 0.139. The zero-order valence-electron chi connectivity index (χ0n) is 20.0. The molecule has 0 unspecified atom stereocenters. The highest BCUT2D eigenvalue weighted by Crippen LogP contribution is 2.35. The van der Waals surface area contributed by atoms with Crippen LogP contribution in [0.2, 0.25) is 0 Å². The predicted octanol–water partition coefficient (Wildman–Crippen LogP) is 5.65. The highest BCUT2D eigenvalue weighted by atomic mass is 16.5.